The van der Waals surface area contributed by atoms with Gasteiger partial charge in [-0.15, -0.1) is 0 Å². The molecule has 0 saturated carbocycles. The molecule has 24 heavy (non-hydrogen) atoms. The Labute approximate surface area is 151 Å². The van der Waals surface area contributed by atoms with E-state index in [1.807, 2.05) is 32.9 Å². The number of aliphatic hydroxyl groups excluding tert-OH is 1. The number of benzene rings is 1. The third-order valence-corrected chi connectivity index (χ3v) is 4.19. The first-order chi connectivity index (χ1) is 11.3. The van der Waals surface area contributed by atoms with Crippen molar-refractivity contribution in [2.75, 3.05) is 26.3 Å². The van der Waals surface area contributed by atoms with Crippen LogP contribution in [0.4, 0.5) is 0 Å². The minimum Gasteiger partial charge on any atom is -0.490 e. The number of nitrogens with two attached hydrogens (primary N) is 1. The van der Waals surface area contributed by atoms with Gasteiger partial charge in [0.2, 0.25) is 0 Å². The van der Waals surface area contributed by atoms with Crippen molar-refractivity contribution in [1.29, 1.82) is 0 Å². The van der Waals surface area contributed by atoms with Crippen LogP contribution in [0, 0.1) is 6.92 Å². The van der Waals surface area contributed by atoms with E-state index < -0.39 is 6.10 Å². The van der Waals surface area contributed by atoms with Gasteiger partial charge in [0.25, 0.3) is 0 Å². The van der Waals surface area contributed by atoms with Crippen molar-refractivity contribution >= 4 is 11.6 Å². The van der Waals surface area contributed by atoms with Gasteiger partial charge < -0.3 is 19.9 Å². The van der Waals surface area contributed by atoms with Crippen LogP contribution in [0.1, 0.15) is 51.2 Å². The minimum absolute atomic E-state index is 0.280. The summed E-state index contributed by atoms with van der Waals surface area (Å²) in [7, 11) is 0. The third kappa shape index (κ3) is 7.84. The number of aliphatic hydroxyl groups is 1. The van der Waals surface area contributed by atoms with Gasteiger partial charge in [-0.1, -0.05) is 25.4 Å². The number of hydrogen-bond donors (Lipinski definition) is 2. The first kappa shape index (κ1) is 21.2. The molecule has 0 saturated heterocycles. The maximum absolute atomic E-state index is 10.1. The van der Waals surface area contributed by atoms with Crippen LogP contribution in [0.25, 0.3) is 0 Å². The quantitative estimate of drug-likeness (QED) is 0.598. The fourth-order valence-electron chi connectivity index (χ4n) is 2.36. The lowest BCUT2D eigenvalue weighted by Gasteiger charge is -2.17. The molecule has 1 atom stereocenters. The van der Waals surface area contributed by atoms with Crippen LogP contribution in [0.3, 0.4) is 0 Å². The van der Waals surface area contributed by atoms with Crippen molar-refractivity contribution in [1.82, 2.24) is 0 Å². The number of aryl methyl sites for hydroxylation is 1. The molecule has 0 fully saturated rings. The molecule has 0 amide bonds. The van der Waals surface area contributed by atoms with Crippen molar-refractivity contribution in [2.24, 2.45) is 0 Å². The molecule has 0 unspecified atom stereocenters. The predicted molar refractivity (Wildman–Crippen MR) is 99.1 cm³/mol. The molecule has 4 nitrogen and oxygen atoms in total. The Morgan fingerprint density at radius 2 is 1.92 bits per heavy atom. The van der Waals surface area contributed by atoms with E-state index in [9.17, 15) is 5.11 Å². The highest BCUT2D eigenvalue weighted by atomic mass is 35.5. The Balaban J connectivity index is 2.36. The molecular weight excluding hydrogens is 326 g/mol. The highest BCUT2D eigenvalue weighted by Crippen LogP contribution is 2.32. The van der Waals surface area contributed by atoms with Crippen LogP contribution in [0.5, 0.6) is 5.75 Å². The van der Waals surface area contributed by atoms with Gasteiger partial charge in [0, 0.05) is 11.4 Å². The van der Waals surface area contributed by atoms with Gasteiger partial charge in [-0.3, -0.25) is 0 Å². The molecule has 0 bridgehead atoms. The van der Waals surface area contributed by atoms with Crippen molar-refractivity contribution in [2.45, 2.75) is 59.2 Å². The van der Waals surface area contributed by atoms with Gasteiger partial charge in [-0.05, 0) is 49.9 Å². The molecule has 138 valence electrons. The maximum Gasteiger partial charge on any atom is 0.137 e. The van der Waals surface area contributed by atoms with Crippen LogP contribution >= 0.6 is 11.6 Å². The van der Waals surface area contributed by atoms with Gasteiger partial charge in [0.1, 0.15) is 25.0 Å². The summed E-state index contributed by atoms with van der Waals surface area (Å²) in [6, 6.07) is 3.92. The Morgan fingerprint density at radius 3 is 2.54 bits per heavy atom. The average molecular weight is 359 g/mol. The first-order valence-corrected chi connectivity index (χ1v) is 9.23. The van der Waals surface area contributed by atoms with Crippen LogP contribution in [0.15, 0.2) is 12.1 Å². The summed E-state index contributed by atoms with van der Waals surface area (Å²) in [6.07, 6.45) is 0.772. The number of rotatable bonds is 11. The van der Waals surface area contributed by atoms with Crippen LogP contribution in [0.2, 0.25) is 5.02 Å². The zero-order valence-electron chi connectivity index (χ0n) is 15.6. The van der Waals surface area contributed by atoms with E-state index in [1.54, 1.807) is 0 Å². The lowest BCUT2D eigenvalue weighted by atomic mass is 10.0. The Kier molecular flexibility index (Phi) is 9.67. The van der Waals surface area contributed by atoms with E-state index in [-0.39, 0.29) is 6.10 Å². The Hall–Kier alpha value is -0.810. The molecule has 0 aliphatic rings. The molecule has 0 aliphatic carbocycles. The second-order valence-electron chi connectivity index (χ2n) is 6.84. The minimum atomic E-state index is -0.494. The smallest absolute Gasteiger partial charge is 0.137 e. The molecule has 1 aromatic carbocycles. The van der Waals surface area contributed by atoms with Crippen LogP contribution in [-0.2, 0) is 4.74 Å². The van der Waals surface area contributed by atoms with Crippen LogP contribution in [-0.4, -0.2) is 43.6 Å². The van der Waals surface area contributed by atoms with E-state index in [1.165, 1.54) is 0 Å². The zero-order valence-corrected chi connectivity index (χ0v) is 16.4. The molecule has 0 heterocycles. The highest BCUT2D eigenvalue weighted by molar-refractivity contribution is 6.31. The molecule has 0 spiro atoms. The second kappa shape index (κ2) is 10.9. The average Bonchev–Trinajstić information content (AvgIpc) is 2.50. The molecule has 0 radical (unpaired) electrons. The molecule has 0 aromatic heterocycles. The topological polar surface area (TPSA) is 55.3 Å². The monoisotopic (exact) mass is 358 g/mol. The number of ether oxygens (including phenoxy) is 2. The van der Waals surface area contributed by atoms with Crippen molar-refractivity contribution in [3.8, 4) is 5.75 Å². The summed E-state index contributed by atoms with van der Waals surface area (Å²) < 4.78 is 11.3. The maximum atomic E-state index is 10.1. The highest BCUT2D eigenvalue weighted by Gasteiger charge is 2.13. The van der Waals surface area contributed by atoms with Crippen LogP contribution < -0.4 is 10.1 Å². The van der Waals surface area contributed by atoms with E-state index in [0.29, 0.717) is 19.1 Å². The molecule has 3 N–H and O–H groups in total. The lowest BCUT2D eigenvalue weighted by Crippen LogP contribution is -2.86. The van der Waals surface area contributed by atoms with Crippen molar-refractivity contribution < 1.29 is 19.9 Å². The standard InChI is InChI=1S/C19H32ClNO3/c1-13(2)17-10-18(20)15(5)9-19(17)24-12-16(22)11-21-7-6-8-23-14(3)4/h9-10,13-14,16,21-22H,6-8,11-12H2,1-5H3/p+1/t16-/m1/s1. The summed E-state index contributed by atoms with van der Waals surface area (Å²) in [5.41, 5.74) is 2.06. The van der Waals surface area contributed by atoms with Gasteiger partial charge in [-0.2, -0.15) is 0 Å². The number of halogens is 1. The van der Waals surface area contributed by atoms with Crippen molar-refractivity contribution in [3.63, 3.8) is 0 Å². The SMILES string of the molecule is Cc1cc(OC[C@H](O)C[NH2+]CCCOC(C)C)c(C(C)C)cc1Cl. The predicted octanol–water partition coefficient (Wildman–Crippen LogP) is 2.89. The molecular formula is C19H33ClNO3+. The summed E-state index contributed by atoms with van der Waals surface area (Å²) in [5, 5.41) is 13.0. The van der Waals surface area contributed by atoms with Gasteiger partial charge in [0.15, 0.2) is 0 Å². The molecule has 5 heteroatoms. The van der Waals surface area contributed by atoms with Gasteiger partial charge in [-0.25, -0.2) is 0 Å². The van der Waals surface area contributed by atoms with E-state index in [2.05, 4.69) is 19.2 Å². The molecule has 0 aliphatic heterocycles. The number of quaternary nitrogens is 1. The lowest BCUT2D eigenvalue weighted by molar-refractivity contribution is -0.661. The largest absolute Gasteiger partial charge is 0.490 e. The number of hydrogen-bond acceptors (Lipinski definition) is 3. The first-order valence-electron chi connectivity index (χ1n) is 8.85. The summed E-state index contributed by atoms with van der Waals surface area (Å²) in [5.74, 6) is 1.14. The van der Waals surface area contributed by atoms with E-state index in [0.717, 1.165) is 41.5 Å². The second-order valence-corrected chi connectivity index (χ2v) is 7.25. The summed E-state index contributed by atoms with van der Waals surface area (Å²) in [6.45, 7) is 12.9. The normalized spacial score (nSPS) is 12.9. The molecule has 1 aromatic rings. The summed E-state index contributed by atoms with van der Waals surface area (Å²) in [4.78, 5) is 0. The Bertz CT molecular complexity index is 492. The van der Waals surface area contributed by atoms with Gasteiger partial charge >= 0.3 is 0 Å². The van der Waals surface area contributed by atoms with E-state index in [4.69, 9.17) is 21.1 Å². The Morgan fingerprint density at radius 1 is 1.21 bits per heavy atom. The van der Waals surface area contributed by atoms with Crippen molar-refractivity contribution in [3.05, 3.63) is 28.3 Å². The fraction of sp³-hybridized carbons (Fsp3) is 0.684. The molecule has 1 rings (SSSR count). The third-order valence-electron chi connectivity index (χ3n) is 3.79. The van der Waals surface area contributed by atoms with Gasteiger partial charge in [0.05, 0.1) is 19.3 Å². The van der Waals surface area contributed by atoms with E-state index >= 15 is 0 Å². The summed E-state index contributed by atoms with van der Waals surface area (Å²) >= 11 is 6.20. The fourth-order valence-corrected chi connectivity index (χ4v) is 2.53. The zero-order chi connectivity index (χ0) is 18.1.